The second kappa shape index (κ2) is 9.18. The van der Waals surface area contributed by atoms with Gasteiger partial charge >= 0.3 is 0 Å². The van der Waals surface area contributed by atoms with Gasteiger partial charge in [0.2, 0.25) is 0 Å². The lowest BCUT2D eigenvalue weighted by Crippen LogP contribution is -2.41. The molecule has 1 fully saturated rings. The first-order valence-corrected chi connectivity index (χ1v) is 13.6. The van der Waals surface area contributed by atoms with Crippen molar-refractivity contribution in [2.75, 3.05) is 29.4 Å². The highest BCUT2D eigenvalue weighted by molar-refractivity contribution is 7.92. The molecule has 0 radical (unpaired) electrons. The zero-order chi connectivity index (χ0) is 22.8. The number of halogens is 1. The average Bonchev–Trinajstić information content (AvgIpc) is 3.11. The van der Waals surface area contributed by atoms with Gasteiger partial charge in [-0.3, -0.25) is 9.10 Å². The molecule has 0 aliphatic carbocycles. The lowest BCUT2D eigenvalue weighted by Gasteiger charge is -2.28. The molecule has 0 aromatic heterocycles. The molecule has 1 atom stereocenters. The van der Waals surface area contributed by atoms with Crippen molar-refractivity contribution in [2.24, 2.45) is 0 Å². The van der Waals surface area contributed by atoms with E-state index in [1.807, 2.05) is 6.92 Å². The van der Waals surface area contributed by atoms with Gasteiger partial charge in [-0.2, -0.15) is 0 Å². The molecule has 1 amide bonds. The van der Waals surface area contributed by atoms with Crippen LogP contribution in [0.25, 0.3) is 0 Å². The molecule has 3 rings (SSSR count). The van der Waals surface area contributed by atoms with Crippen LogP contribution < -0.4 is 4.31 Å². The van der Waals surface area contributed by atoms with Crippen LogP contribution in [0.2, 0.25) is 5.02 Å². The van der Waals surface area contributed by atoms with E-state index in [9.17, 15) is 21.6 Å². The van der Waals surface area contributed by atoms with E-state index in [-0.39, 0.29) is 27.0 Å². The lowest BCUT2D eigenvalue weighted by atomic mass is 10.1. The van der Waals surface area contributed by atoms with Gasteiger partial charge in [0.15, 0.2) is 9.84 Å². The fraction of sp³-hybridized carbons (Fsp3) is 0.381. The van der Waals surface area contributed by atoms with Gasteiger partial charge in [0, 0.05) is 19.6 Å². The molecule has 0 saturated carbocycles. The molecule has 0 bridgehead atoms. The van der Waals surface area contributed by atoms with Crippen LogP contribution in [0.5, 0.6) is 0 Å². The van der Waals surface area contributed by atoms with Gasteiger partial charge in [0.05, 0.1) is 32.7 Å². The number of hydrogen-bond acceptors (Lipinski definition) is 5. The van der Waals surface area contributed by atoms with Crippen molar-refractivity contribution in [1.82, 2.24) is 4.90 Å². The van der Waals surface area contributed by atoms with Gasteiger partial charge in [0.25, 0.3) is 15.9 Å². The smallest absolute Gasteiger partial charge is 0.264 e. The van der Waals surface area contributed by atoms with Crippen molar-refractivity contribution in [2.45, 2.75) is 30.7 Å². The minimum absolute atomic E-state index is 0.0369. The van der Waals surface area contributed by atoms with E-state index in [2.05, 4.69) is 0 Å². The monoisotopic (exact) mass is 484 g/mol. The first-order valence-electron chi connectivity index (χ1n) is 9.91. The number of para-hydroxylation sites is 1. The number of rotatable bonds is 7. The number of carbonyl (C=O) groups excluding carboxylic acids is 1. The summed E-state index contributed by atoms with van der Waals surface area (Å²) in [6, 6.07) is 12.2. The zero-order valence-electron chi connectivity index (χ0n) is 17.4. The highest BCUT2D eigenvalue weighted by atomic mass is 35.5. The van der Waals surface area contributed by atoms with E-state index in [1.54, 1.807) is 30.3 Å². The van der Waals surface area contributed by atoms with Gasteiger partial charge in [-0.05, 0) is 43.2 Å². The SMILES string of the molecule is CCCN(C(=O)c1cc(S(=O)(=O)N(C)c2ccccc2)ccc1Cl)C1CCS(=O)(=O)C1. The average molecular weight is 485 g/mol. The van der Waals surface area contributed by atoms with Crippen molar-refractivity contribution >= 4 is 43.1 Å². The molecule has 2 aromatic rings. The van der Waals surface area contributed by atoms with E-state index >= 15 is 0 Å². The molecule has 0 N–H and O–H groups in total. The maximum absolute atomic E-state index is 13.3. The summed E-state index contributed by atoms with van der Waals surface area (Å²) in [5.41, 5.74) is 0.524. The number of sulfonamides is 1. The number of hydrogen-bond donors (Lipinski definition) is 0. The Morgan fingerprint density at radius 1 is 1.16 bits per heavy atom. The van der Waals surface area contributed by atoms with Crippen molar-refractivity contribution in [3.63, 3.8) is 0 Å². The Morgan fingerprint density at radius 3 is 2.42 bits per heavy atom. The van der Waals surface area contributed by atoms with E-state index < -0.39 is 31.8 Å². The highest BCUT2D eigenvalue weighted by Crippen LogP contribution is 2.28. The summed E-state index contributed by atoms with van der Waals surface area (Å²) in [6.45, 7) is 2.25. The second-order valence-corrected chi connectivity index (χ2v) is 12.1. The minimum Gasteiger partial charge on any atom is -0.335 e. The molecular weight excluding hydrogens is 460 g/mol. The van der Waals surface area contributed by atoms with Crippen molar-refractivity contribution in [3.05, 3.63) is 59.1 Å². The summed E-state index contributed by atoms with van der Waals surface area (Å²) in [7, 11) is -5.68. The van der Waals surface area contributed by atoms with Gasteiger partial charge in [-0.1, -0.05) is 36.7 Å². The molecule has 2 aromatic carbocycles. The van der Waals surface area contributed by atoms with Crippen LogP contribution >= 0.6 is 11.6 Å². The molecular formula is C21H25ClN2O5S2. The molecule has 10 heteroatoms. The lowest BCUT2D eigenvalue weighted by molar-refractivity contribution is 0.0697. The largest absolute Gasteiger partial charge is 0.335 e. The van der Waals surface area contributed by atoms with Gasteiger partial charge in [-0.25, -0.2) is 16.8 Å². The van der Waals surface area contributed by atoms with Crippen molar-refractivity contribution in [3.8, 4) is 0 Å². The Kier molecular flexibility index (Phi) is 6.98. The molecule has 168 valence electrons. The van der Waals surface area contributed by atoms with E-state index in [4.69, 9.17) is 11.6 Å². The Labute approximate surface area is 188 Å². The van der Waals surface area contributed by atoms with Crippen molar-refractivity contribution in [1.29, 1.82) is 0 Å². The van der Waals surface area contributed by atoms with E-state index in [0.717, 1.165) is 4.31 Å². The number of nitrogens with zero attached hydrogens (tertiary/aromatic N) is 2. The third-order valence-electron chi connectivity index (χ3n) is 5.32. The maximum Gasteiger partial charge on any atom is 0.264 e. The number of amides is 1. The first kappa shape index (κ1) is 23.6. The third kappa shape index (κ3) is 5.05. The van der Waals surface area contributed by atoms with E-state index in [0.29, 0.717) is 25.1 Å². The van der Waals surface area contributed by atoms with Crippen LogP contribution in [0.3, 0.4) is 0 Å². The Morgan fingerprint density at radius 2 is 1.84 bits per heavy atom. The van der Waals surface area contributed by atoms with E-state index in [1.165, 1.54) is 30.1 Å². The summed E-state index contributed by atoms with van der Waals surface area (Å²) >= 11 is 6.27. The normalized spacial score (nSPS) is 18.0. The zero-order valence-corrected chi connectivity index (χ0v) is 19.8. The third-order valence-corrected chi connectivity index (χ3v) is 9.18. The molecule has 1 aliphatic rings. The quantitative estimate of drug-likeness (QED) is 0.601. The Bertz CT molecular complexity index is 1170. The number of benzene rings is 2. The molecule has 1 aliphatic heterocycles. The molecule has 7 nitrogen and oxygen atoms in total. The topological polar surface area (TPSA) is 91.8 Å². The van der Waals surface area contributed by atoms with Gasteiger partial charge in [-0.15, -0.1) is 0 Å². The number of anilines is 1. The van der Waals surface area contributed by atoms with Gasteiger partial charge < -0.3 is 4.90 Å². The standard InChI is InChI=1S/C21H25ClN2O5S2/c1-3-12-24(17-11-13-30(26,27)15-17)21(25)19-14-18(9-10-20(19)22)31(28,29)23(2)16-7-5-4-6-8-16/h4-10,14,17H,3,11-13,15H2,1-2H3. The maximum atomic E-state index is 13.3. The summed E-state index contributed by atoms with van der Waals surface area (Å²) < 4.78 is 51.2. The highest BCUT2D eigenvalue weighted by Gasteiger charge is 2.35. The molecule has 1 heterocycles. The van der Waals surface area contributed by atoms with Crippen LogP contribution in [0.15, 0.2) is 53.4 Å². The summed E-state index contributed by atoms with van der Waals surface area (Å²) in [5, 5.41) is 0.119. The van der Waals surface area contributed by atoms with Crippen LogP contribution in [0.4, 0.5) is 5.69 Å². The number of carbonyl (C=O) groups is 1. The first-order chi connectivity index (χ1) is 14.6. The molecule has 1 unspecified atom stereocenters. The minimum atomic E-state index is -3.93. The van der Waals surface area contributed by atoms with Crippen LogP contribution in [0.1, 0.15) is 30.1 Å². The predicted octanol–water partition coefficient (Wildman–Crippen LogP) is 3.20. The van der Waals surface area contributed by atoms with Crippen molar-refractivity contribution < 1.29 is 21.6 Å². The Hall–Kier alpha value is -2.10. The van der Waals surface area contributed by atoms with Crippen LogP contribution in [-0.2, 0) is 19.9 Å². The van der Waals surface area contributed by atoms with Gasteiger partial charge in [0.1, 0.15) is 0 Å². The Balaban J connectivity index is 1.97. The summed E-state index contributed by atoms with van der Waals surface area (Å²) in [5.74, 6) is -0.520. The summed E-state index contributed by atoms with van der Waals surface area (Å²) in [6.07, 6.45) is 0.995. The molecule has 31 heavy (non-hydrogen) atoms. The number of sulfone groups is 1. The fourth-order valence-corrected chi connectivity index (χ4v) is 6.78. The second-order valence-electron chi connectivity index (χ2n) is 7.51. The van der Waals surface area contributed by atoms with Crippen LogP contribution in [-0.4, -0.2) is 58.8 Å². The molecule has 0 spiro atoms. The predicted molar refractivity (Wildman–Crippen MR) is 122 cm³/mol. The fourth-order valence-electron chi connectivity index (χ4n) is 3.63. The van der Waals surface area contributed by atoms with Crippen LogP contribution in [0, 0.1) is 0 Å². The molecule has 1 saturated heterocycles. The summed E-state index contributed by atoms with van der Waals surface area (Å²) in [4.78, 5) is 14.7.